The van der Waals surface area contributed by atoms with Crippen LogP contribution in [0.3, 0.4) is 0 Å². The Kier molecular flexibility index (Phi) is 7.14. The summed E-state index contributed by atoms with van der Waals surface area (Å²) in [5.74, 6) is 0.650. The van der Waals surface area contributed by atoms with Gasteiger partial charge in [-0.05, 0) is 42.0 Å². The highest BCUT2D eigenvalue weighted by atomic mass is 16.5. The van der Waals surface area contributed by atoms with Gasteiger partial charge >= 0.3 is 0 Å². The van der Waals surface area contributed by atoms with Gasteiger partial charge in [0.2, 0.25) is 0 Å². The number of likely N-dealkylation sites (N-methyl/N-ethyl adjacent to an activating group) is 1. The first-order valence-corrected chi connectivity index (χ1v) is 11.6. The van der Waals surface area contributed by atoms with Gasteiger partial charge in [0.15, 0.2) is 0 Å². The van der Waals surface area contributed by atoms with Crippen molar-refractivity contribution < 1.29 is 19.1 Å². The lowest BCUT2D eigenvalue weighted by molar-refractivity contribution is -0.139. The van der Waals surface area contributed by atoms with Gasteiger partial charge in [0.25, 0.3) is 11.8 Å². The quantitative estimate of drug-likeness (QED) is 0.541. The van der Waals surface area contributed by atoms with Crippen molar-refractivity contribution in [2.24, 2.45) is 5.92 Å². The van der Waals surface area contributed by atoms with Crippen LogP contribution < -0.4 is 4.74 Å². The van der Waals surface area contributed by atoms with Crippen molar-refractivity contribution >= 4 is 17.4 Å². The predicted octanol–water partition coefficient (Wildman–Crippen LogP) is 4.11. The van der Waals surface area contributed by atoms with Gasteiger partial charge in [0.05, 0.1) is 24.8 Å². The molecule has 2 aliphatic heterocycles. The number of hydrogen-bond acceptors (Lipinski definition) is 5. The largest absolute Gasteiger partial charge is 0.493 e. The first-order valence-electron chi connectivity index (χ1n) is 11.6. The lowest BCUT2D eigenvalue weighted by Crippen LogP contribution is -2.39. The Balaban J connectivity index is 1.64. The molecule has 1 fully saturated rings. The SMILES string of the molecule is CC(C)COc1ccc(C2=C(N(C)Cc3ccccc3)C(=O)N(CC3CCCO3)C2=O)cc1. The van der Waals surface area contributed by atoms with E-state index < -0.39 is 0 Å². The number of benzene rings is 2. The Morgan fingerprint density at radius 2 is 1.79 bits per heavy atom. The normalized spacial score (nSPS) is 18.5. The van der Waals surface area contributed by atoms with Gasteiger partial charge in [-0.15, -0.1) is 0 Å². The predicted molar refractivity (Wildman–Crippen MR) is 127 cm³/mol. The molecule has 2 heterocycles. The molecular weight excluding hydrogens is 416 g/mol. The van der Waals surface area contributed by atoms with E-state index in [9.17, 15) is 9.59 Å². The van der Waals surface area contributed by atoms with Crippen LogP contribution in [0.2, 0.25) is 0 Å². The summed E-state index contributed by atoms with van der Waals surface area (Å²) < 4.78 is 11.5. The van der Waals surface area contributed by atoms with E-state index in [2.05, 4.69) is 13.8 Å². The molecule has 0 spiro atoms. The minimum absolute atomic E-state index is 0.0928. The Labute approximate surface area is 195 Å². The van der Waals surface area contributed by atoms with E-state index in [1.165, 1.54) is 4.90 Å². The van der Waals surface area contributed by atoms with Crippen molar-refractivity contribution in [3.8, 4) is 5.75 Å². The first kappa shape index (κ1) is 23.1. The molecule has 1 unspecified atom stereocenters. The molecule has 1 atom stereocenters. The standard InChI is InChI=1S/C27H32N2O4/c1-19(2)18-33-22-13-11-21(12-14-22)24-25(28(3)16-20-8-5-4-6-9-20)27(31)29(26(24)30)17-23-10-7-15-32-23/h4-6,8-9,11-14,19,23H,7,10,15-18H2,1-3H3. The Morgan fingerprint density at radius 3 is 2.42 bits per heavy atom. The summed E-state index contributed by atoms with van der Waals surface area (Å²) in [4.78, 5) is 30.2. The minimum Gasteiger partial charge on any atom is -0.493 e. The molecule has 0 aromatic heterocycles. The van der Waals surface area contributed by atoms with Crippen LogP contribution in [0.15, 0.2) is 60.3 Å². The summed E-state index contributed by atoms with van der Waals surface area (Å²) in [5.41, 5.74) is 2.65. The van der Waals surface area contributed by atoms with Crippen molar-refractivity contribution in [3.05, 3.63) is 71.4 Å². The van der Waals surface area contributed by atoms with E-state index in [0.717, 1.165) is 29.7 Å². The van der Waals surface area contributed by atoms with Crippen LogP contribution >= 0.6 is 0 Å². The molecule has 0 aliphatic carbocycles. The van der Waals surface area contributed by atoms with Crippen molar-refractivity contribution in [1.29, 1.82) is 0 Å². The highest BCUT2D eigenvalue weighted by molar-refractivity contribution is 6.35. The molecule has 2 aromatic carbocycles. The second kappa shape index (κ2) is 10.2. The van der Waals surface area contributed by atoms with Crippen LogP contribution in [0.1, 0.15) is 37.8 Å². The van der Waals surface area contributed by atoms with Crippen molar-refractivity contribution in [2.75, 3.05) is 26.8 Å². The number of hydrogen-bond donors (Lipinski definition) is 0. The molecule has 6 heteroatoms. The van der Waals surface area contributed by atoms with Crippen LogP contribution in [0.5, 0.6) is 5.75 Å². The van der Waals surface area contributed by atoms with Gasteiger partial charge in [0, 0.05) is 20.2 Å². The summed E-state index contributed by atoms with van der Waals surface area (Å²) in [5, 5.41) is 0. The fourth-order valence-corrected chi connectivity index (χ4v) is 4.25. The Morgan fingerprint density at radius 1 is 1.06 bits per heavy atom. The lowest BCUT2D eigenvalue weighted by Gasteiger charge is -2.22. The molecule has 0 bridgehead atoms. The zero-order chi connectivity index (χ0) is 23.4. The van der Waals surface area contributed by atoms with Crippen LogP contribution in [0, 0.1) is 5.92 Å². The third-order valence-corrected chi connectivity index (χ3v) is 5.92. The first-order chi connectivity index (χ1) is 15.9. The van der Waals surface area contributed by atoms with Gasteiger partial charge in [-0.1, -0.05) is 56.3 Å². The average Bonchev–Trinajstić information content (AvgIpc) is 3.41. The number of amides is 2. The molecule has 1 saturated heterocycles. The van der Waals surface area contributed by atoms with Gasteiger partial charge < -0.3 is 14.4 Å². The molecule has 6 nitrogen and oxygen atoms in total. The zero-order valence-electron chi connectivity index (χ0n) is 19.6. The molecule has 4 rings (SSSR count). The summed E-state index contributed by atoms with van der Waals surface area (Å²) >= 11 is 0. The second-order valence-electron chi connectivity index (χ2n) is 9.15. The summed E-state index contributed by atoms with van der Waals surface area (Å²) in [7, 11) is 1.86. The Bertz CT molecular complexity index is 1010. The molecule has 0 radical (unpaired) electrons. The smallest absolute Gasteiger partial charge is 0.277 e. The van der Waals surface area contributed by atoms with Crippen LogP contribution in [-0.4, -0.2) is 54.5 Å². The topological polar surface area (TPSA) is 59.1 Å². The highest BCUT2D eigenvalue weighted by Gasteiger charge is 2.42. The molecule has 0 N–H and O–H groups in total. The molecule has 174 valence electrons. The number of ether oxygens (including phenoxy) is 2. The fraction of sp³-hybridized carbons (Fsp3) is 0.407. The van der Waals surface area contributed by atoms with Gasteiger partial charge in [-0.3, -0.25) is 14.5 Å². The van der Waals surface area contributed by atoms with Gasteiger partial charge in [-0.2, -0.15) is 0 Å². The highest BCUT2D eigenvalue weighted by Crippen LogP contribution is 2.33. The van der Waals surface area contributed by atoms with E-state index in [0.29, 0.717) is 43.5 Å². The lowest BCUT2D eigenvalue weighted by atomic mass is 10.0. The maximum absolute atomic E-state index is 13.5. The van der Waals surface area contributed by atoms with E-state index in [1.807, 2.05) is 66.5 Å². The van der Waals surface area contributed by atoms with Crippen LogP contribution in [-0.2, 0) is 20.9 Å². The summed E-state index contributed by atoms with van der Waals surface area (Å²) in [6.45, 7) is 6.32. The molecule has 2 amide bonds. The zero-order valence-corrected chi connectivity index (χ0v) is 19.6. The molecule has 0 saturated carbocycles. The second-order valence-corrected chi connectivity index (χ2v) is 9.15. The fourth-order valence-electron chi connectivity index (χ4n) is 4.25. The number of imide groups is 1. The number of nitrogens with zero attached hydrogens (tertiary/aromatic N) is 2. The van der Waals surface area contributed by atoms with Crippen molar-refractivity contribution in [2.45, 2.75) is 39.3 Å². The maximum Gasteiger partial charge on any atom is 0.277 e. The van der Waals surface area contributed by atoms with Gasteiger partial charge in [-0.25, -0.2) is 0 Å². The monoisotopic (exact) mass is 448 g/mol. The van der Waals surface area contributed by atoms with E-state index in [1.54, 1.807) is 0 Å². The third-order valence-electron chi connectivity index (χ3n) is 5.92. The molecule has 33 heavy (non-hydrogen) atoms. The Hall–Kier alpha value is -3.12. The van der Waals surface area contributed by atoms with Crippen LogP contribution in [0.4, 0.5) is 0 Å². The molecule has 2 aliphatic rings. The van der Waals surface area contributed by atoms with Gasteiger partial charge in [0.1, 0.15) is 11.4 Å². The number of carbonyl (C=O) groups is 2. The minimum atomic E-state index is -0.263. The van der Waals surface area contributed by atoms with Crippen LogP contribution in [0.25, 0.3) is 5.57 Å². The van der Waals surface area contributed by atoms with E-state index in [4.69, 9.17) is 9.47 Å². The number of carbonyl (C=O) groups excluding carboxylic acids is 2. The van der Waals surface area contributed by atoms with Crippen molar-refractivity contribution in [3.63, 3.8) is 0 Å². The maximum atomic E-state index is 13.5. The summed E-state index contributed by atoms with van der Waals surface area (Å²) in [6, 6.07) is 17.4. The van der Waals surface area contributed by atoms with Crippen molar-refractivity contribution in [1.82, 2.24) is 9.80 Å². The third kappa shape index (κ3) is 5.28. The number of rotatable bonds is 9. The molecule has 2 aromatic rings. The van der Waals surface area contributed by atoms with E-state index in [-0.39, 0.29) is 17.9 Å². The van der Waals surface area contributed by atoms with E-state index >= 15 is 0 Å². The summed E-state index contributed by atoms with van der Waals surface area (Å²) in [6.07, 6.45) is 1.73. The molecular formula is C27H32N2O4. The average molecular weight is 449 g/mol.